The van der Waals surface area contributed by atoms with E-state index in [1.54, 1.807) is 31.4 Å². The van der Waals surface area contributed by atoms with Crippen molar-refractivity contribution in [3.05, 3.63) is 48.5 Å². The van der Waals surface area contributed by atoms with Crippen LogP contribution in [-0.4, -0.2) is 41.9 Å². The van der Waals surface area contributed by atoms with E-state index in [2.05, 4.69) is 26.1 Å². The molecule has 0 aliphatic rings. The first-order chi connectivity index (χ1) is 16.4. The molecule has 34 heavy (non-hydrogen) atoms. The maximum absolute atomic E-state index is 13.0. The number of anilines is 2. The van der Waals surface area contributed by atoms with Crippen LogP contribution >= 0.6 is 11.3 Å². The molecule has 3 rings (SSSR count). The topological polar surface area (TPSA) is 114 Å². The van der Waals surface area contributed by atoms with Crippen molar-refractivity contribution in [3.63, 3.8) is 0 Å². The third-order valence-corrected chi connectivity index (χ3v) is 6.06. The molecule has 0 fully saturated rings. The highest BCUT2D eigenvalue weighted by Gasteiger charge is 2.27. The Morgan fingerprint density at radius 3 is 2.47 bits per heavy atom. The number of nitrogens with zero attached hydrogens (tertiary/aromatic N) is 2. The maximum atomic E-state index is 13.0. The normalized spacial score (nSPS) is 12.4. The van der Waals surface area contributed by atoms with E-state index in [4.69, 9.17) is 9.47 Å². The molecule has 0 unspecified atom stereocenters. The van der Waals surface area contributed by atoms with Gasteiger partial charge in [-0.3, -0.25) is 10.1 Å². The Bertz CT molecular complexity index is 1100. The summed E-state index contributed by atoms with van der Waals surface area (Å²) in [6.45, 7) is 6.34. The number of amides is 3. The molecule has 3 amide bonds. The molecule has 1 aromatic heterocycles. The van der Waals surface area contributed by atoms with Gasteiger partial charge in [-0.15, -0.1) is 10.2 Å². The van der Waals surface area contributed by atoms with Crippen molar-refractivity contribution >= 4 is 34.1 Å². The maximum Gasteiger partial charge on any atom is 0.319 e. The zero-order valence-electron chi connectivity index (χ0n) is 19.6. The van der Waals surface area contributed by atoms with Gasteiger partial charge in [0.15, 0.2) is 0 Å². The van der Waals surface area contributed by atoms with E-state index in [1.165, 1.54) is 11.3 Å². The van der Waals surface area contributed by atoms with Crippen molar-refractivity contribution in [2.24, 2.45) is 5.92 Å². The highest BCUT2D eigenvalue weighted by Crippen LogP contribution is 2.29. The van der Waals surface area contributed by atoms with Crippen LogP contribution in [-0.2, 0) is 4.79 Å². The first-order valence-corrected chi connectivity index (χ1v) is 11.8. The first-order valence-electron chi connectivity index (χ1n) is 11.0. The number of benzene rings is 2. The molecule has 10 heteroatoms. The second kappa shape index (κ2) is 12.0. The molecule has 0 aliphatic heterocycles. The molecule has 0 spiro atoms. The van der Waals surface area contributed by atoms with E-state index >= 15 is 0 Å². The minimum atomic E-state index is -0.753. The van der Waals surface area contributed by atoms with Crippen LogP contribution in [0.15, 0.2) is 48.5 Å². The third-order valence-electron chi connectivity index (χ3n) is 5.18. The summed E-state index contributed by atoms with van der Waals surface area (Å²) in [6, 6.07) is 13.2. The van der Waals surface area contributed by atoms with Gasteiger partial charge < -0.3 is 20.1 Å². The molecule has 0 saturated heterocycles. The van der Waals surface area contributed by atoms with Crippen LogP contribution in [0.4, 0.5) is 15.6 Å². The molecular formula is C24H29N5O4S. The van der Waals surface area contributed by atoms with Crippen molar-refractivity contribution in [3.8, 4) is 22.1 Å². The minimum Gasteiger partial charge on any atom is -0.497 e. The monoisotopic (exact) mass is 483 g/mol. The van der Waals surface area contributed by atoms with Crippen LogP contribution in [0.2, 0.25) is 0 Å². The van der Waals surface area contributed by atoms with E-state index in [9.17, 15) is 9.59 Å². The molecule has 9 nitrogen and oxygen atoms in total. The molecule has 2 atom stereocenters. The lowest BCUT2D eigenvalue weighted by molar-refractivity contribution is -0.119. The molecule has 0 radical (unpaired) electrons. The van der Waals surface area contributed by atoms with E-state index in [-0.39, 0.29) is 11.8 Å². The largest absolute Gasteiger partial charge is 0.497 e. The van der Waals surface area contributed by atoms with Crippen LogP contribution in [0, 0.1) is 5.92 Å². The second-order valence-corrected chi connectivity index (χ2v) is 8.53. The van der Waals surface area contributed by atoms with Crippen molar-refractivity contribution in [1.29, 1.82) is 0 Å². The van der Waals surface area contributed by atoms with E-state index in [0.29, 0.717) is 34.6 Å². The number of methoxy groups -OCH3 is 1. The number of aromatic nitrogens is 2. The number of urea groups is 1. The lowest BCUT2D eigenvalue weighted by atomic mass is 9.98. The Hall–Kier alpha value is -3.66. The molecule has 3 aromatic rings. The summed E-state index contributed by atoms with van der Waals surface area (Å²) in [7, 11) is 1.60. The van der Waals surface area contributed by atoms with Crippen molar-refractivity contribution < 1.29 is 19.1 Å². The van der Waals surface area contributed by atoms with Gasteiger partial charge in [0.2, 0.25) is 11.0 Å². The Morgan fingerprint density at radius 2 is 1.79 bits per heavy atom. The smallest absolute Gasteiger partial charge is 0.319 e. The van der Waals surface area contributed by atoms with Gasteiger partial charge in [-0.2, -0.15) is 0 Å². The molecule has 0 bridgehead atoms. The highest BCUT2D eigenvalue weighted by molar-refractivity contribution is 7.18. The molecule has 0 saturated carbocycles. The van der Waals surface area contributed by atoms with Crippen LogP contribution in [0.1, 0.15) is 27.2 Å². The van der Waals surface area contributed by atoms with Crippen LogP contribution in [0.25, 0.3) is 10.6 Å². The van der Waals surface area contributed by atoms with Crippen LogP contribution < -0.4 is 25.4 Å². The van der Waals surface area contributed by atoms with Gasteiger partial charge >= 0.3 is 6.03 Å². The second-order valence-electron chi connectivity index (χ2n) is 7.55. The van der Waals surface area contributed by atoms with Crippen molar-refractivity contribution in [2.45, 2.75) is 33.2 Å². The van der Waals surface area contributed by atoms with Gasteiger partial charge in [0.25, 0.3) is 0 Å². The quantitative estimate of drug-likeness (QED) is 0.382. The Kier molecular flexibility index (Phi) is 8.80. The third kappa shape index (κ3) is 6.67. The Balaban J connectivity index is 1.65. The molecule has 3 N–H and O–H groups in total. The number of carbonyl (C=O) groups is 2. The number of carbonyl (C=O) groups excluding carboxylic acids is 2. The molecule has 2 aromatic carbocycles. The zero-order valence-corrected chi connectivity index (χ0v) is 20.4. The van der Waals surface area contributed by atoms with Gasteiger partial charge in [0.1, 0.15) is 22.5 Å². The standard InChI is InChI=1S/C24H29N5O4S/c1-5-15(3)20(26-23(31)25-17-10-12-18(13-11-17)33-6-2)21(30)27-24-29-28-22(34-24)16-8-7-9-19(14-16)32-4/h7-15,20H,5-6H2,1-4H3,(H2,25,26,31)(H,27,29,30)/t15-,20-/m0/s1. The number of ether oxygens (including phenoxy) is 2. The summed E-state index contributed by atoms with van der Waals surface area (Å²) in [6.07, 6.45) is 0.701. The van der Waals surface area contributed by atoms with Gasteiger partial charge in [-0.05, 0) is 49.2 Å². The molecular weight excluding hydrogens is 454 g/mol. The van der Waals surface area contributed by atoms with Gasteiger partial charge in [0, 0.05) is 11.3 Å². The highest BCUT2D eigenvalue weighted by atomic mass is 32.1. The van der Waals surface area contributed by atoms with Crippen molar-refractivity contribution in [1.82, 2.24) is 15.5 Å². The fourth-order valence-corrected chi connectivity index (χ4v) is 3.88. The minimum absolute atomic E-state index is 0.100. The summed E-state index contributed by atoms with van der Waals surface area (Å²) < 4.78 is 10.7. The number of rotatable bonds is 10. The van der Waals surface area contributed by atoms with Crippen LogP contribution in [0.5, 0.6) is 11.5 Å². The summed E-state index contributed by atoms with van der Waals surface area (Å²) >= 11 is 1.25. The van der Waals surface area contributed by atoms with Crippen molar-refractivity contribution in [2.75, 3.05) is 24.4 Å². The zero-order chi connectivity index (χ0) is 24.5. The van der Waals surface area contributed by atoms with Crippen LogP contribution in [0.3, 0.4) is 0 Å². The summed E-state index contributed by atoms with van der Waals surface area (Å²) in [5, 5.41) is 17.6. The predicted octanol–water partition coefficient (Wildman–Crippen LogP) is 4.79. The van der Waals surface area contributed by atoms with E-state index in [0.717, 1.165) is 11.3 Å². The average Bonchev–Trinajstić information content (AvgIpc) is 3.32. The van der Waals surface area contributed by atoms with E-state index in [1.807, 2.05) is 45.0 Å². The first kappa shape index (κ1) is 25.0. The Labute approximate surface area is 202 Å². The lowest BCUT2D eigenvalue weighted by Crippen LogP contribution is -2.49. The number of hydrogen-bond donors (Lipinski definition) is 3. The summed E-state index contributed by atoms with van der Waals surface area (Å²) in [5.74, 6) is 0.968. The lowest BCUT2D eigenvalue weighted by Gasteiger charge is -2.23. The average molecular weight is 484 g/mol. The fourth-order valence-electron chi connectivity index (χ4n) is 3.14. The predicted molar refractivity (Wildman–Crippen MR) is 134 cm³/mol. The Morgan fingerprint density at radius 1 is 1.03 bits per heavy atom. The number of nitrogens with one attached hydrogen (secondary N) is 3. The van der Waals surface area contributed by atoms with E-state index < -0.39 is 12.1 Å². The summed E-state index contributed by atoms with van der Waals surface area (Å²) in [4.78, 5) is 25.6. The number of hydrogen-bond acceptors (Lipinski definition) is 7. The molecule has 180 valence electrons. The molecule has 0 aliphatic carbocycles. The van der Waals surface area contributed by atoms with Gasteiger partial charge in [-0.25, -0.2) is 4.79 Å². The summed E-state index contributed by atoms with van der Waals surface area (Å²) in [5.41, 5.74) is 1.43. The van der Waals surface area contributed by atoms with Gasteiger partial charge in [0.05, 0.1) is 13.7 Å². The molecule has 1 heterocycles. The fraction of sp³-hybridized carbons (Fsp3) is 0.333. The van der Waals surface area contributed by atoms with Gasteiger partial charge in [-0.1, -0.05) is 43.7 Å². The SMILES string of the molecule is CCOc1ccc(NC(=O)N[C@H](C(=O)Nc2nnc(-c3cccc(OC)c3)s2)[C@@H](C)CC)cc1.